The number of rotatable bonds is 10. The Morgan fingerprint density at radius 3 is 2.78 bits per heavy atom. The third-order valence-electron chi connectivity index (χ3n) is 5.19. The highest BCUT2D eigenvalue weighted by molar-refractivity contribution is 6.00. The fourth-order valence-corrected chi connectivity index (χ4v) is 3.40. The van der Waals surface area contributed by atoms with Gasteiger partial charge in [-0.15, -0.1) is 0 Å². The molecule has 4 aromatic rings. The molecule has 2 aromatic carbocycles. The topological polar surface area (TPSA) is 117 Å². The number of likely N-dealkylation sites (N-methyl/N-ethyl adjacent to an activating group) is 1. The molecule has 0 saturated carbocycles. The van der Waals surface area contributed by atoms with Crippen LogP contribution in [-0.4, -0.2) is 65.3 Å². The summed E-state index contributed by atoms with van der Waals surface area (Å²) in [5, 5.41) is 13.0. The molecule has 0 unspecified atom stereocenters. The molecule has 0 spiro atoms. The number of anilines is 3. The molecular formula is C25H26FN7O3. The summed E-state index contributed by atoms with van der Waals surface area (Å²) in [7, 11) is 5.40. The SMILES string of the molecule is C=CC(=O)Nc1cc(Nc2ncc3[nH]nc(-c4cccc(F)c4)c3n2)c(OC)cc1OCCN(C)C. The van der Waals surface area contributed by atoms with Crippen LogP contribution in [0.1, 0.15) is 0 Å². The van der Waals surface area contributed by atoms with Crippen molar-refractivity contribution in [2.75, 3.05) is 45.0 Å². The number of benzene rings is 2. The monoisotopic (exact) mass is 491 g/mol. The number of nitrogens with one attached hydrogen (secondary N) is 3. The summed E-state index contributed by atoms with van der Waals surface area (Å²) in [6.45, 7) is 4.60. The van der Waals surface area contributed by atoms with Crippen LogP contribution in [0.3, 0.4) is 0 Å². The predicted octanol–water partition coefficient (Wildman–Crippen LogP) is 3.98. The Labute approximate surface area is 207 Å². The zero-order valence-electron chi connectivity index (χ0n) is 20.1. The molecule has 0 aliphatic rings. The first-order valence-corrected chi connectivity index (χ1v) is 11.0. The van der Waals surface area contributed by atoms with Gasteiger partial charge in [-0.05, 0) is 38.4 Å². The van der Waals surface area contributed by atoms with Gasteiger partial charge in [-0.1, -0.05) is 18.7 Å². The summed E-state index contributed by atoms with van der Waals surface area (Å²) in [4.78, 5) is 22.9. The van der Waals surface area contributed by atoms with E-state index in [0.29, 0.717) is 58.3 Å². The number of aromatic amines is 1. The van der Waals surface area contributed by atoms with E-state index in [-0.39, 0.29) is 17.7 Å². The summed E-state index contributed by atoms with van der Waals surface area (Å²) >= 11 is 0. The average molecular weight is 492 g/mol. The van der Waals surface area contributed by atoms with E-state index in [0.717, 1.165) is 0 Å². The minimum Gasteiger partial charge on any atom is -0.494 e. The van der Waals surface area contributed by atoms with Crippen LogP contribution in [-0.2, 0) is 4.79 Å². The van der Waals surface area contributed by atoms with Crippen LogP contribution in [0.25, 0.3) is 22.3 Å². The highest BCUT2D eigenvalue weighted by Crippen LogP contribution is 2.38. The second-order valence-electron chi connectivity index (χ2n) is 8.06. The van der Waals surface area contributed by atoms with Crippen molar-refractivity contribution in [2.45, 2.75) is 0 Å². The number of amides is 1. The molecule has 186 valence electrons. The van der Waals surface area contributed by atoms with Gasteiger partial charge in [0, 0.05) is 18.2 Å². The third-order valence-corrected chi connectivity index (χ3v) is 5.19. The van der Waals surface area contributed by atoms with E-state index in [1.807, 2.05) is 19.0 Å². The number of carbonyl (C=O) groups excluding carboxylic acids is 1. The molecule has 0 atom stereocenters. The van der Waals surface area contributed by atoms with Gasteiger partial charge >= 0.3 is 0 Å². The predicted molar refractivity (Wildman–Crippen MR) is 136 cm³/mol. The molecule has 0 aliphatic heterocycles. The van der Waals surface area contributed by atoms with Crippen molar-refractivity contribution in [2.24, 2.45) is 0 Å². The number of methoxy groups -OCH3 is 1. The number of carbonyl (C=O) groups is 1. The summed E-state index contributed by atoms with van der Waals surface area (Å²) in [6.07, 6.45) is 2.75. The van der Waals surface area contributed by atoms with Crippen LogP contribution in [0, 0.1) is 5.82 Å². The normalized spacial score (nSPS) is 10.9. The minimum atomic E-state index is -0.389. The number of ether oxygens (including phenoxy) is 2. The zero-order valence-corrected chi connectivity index (χ0v) is 20.1. The molecule has 1 amide bonds. The fraction of sp³-hybridized carbons (Fsp3) is 0.200. The summed E-state index contributed by atoms with van der Waals surface area (Å²) in [6, 6.07) is 9.45. The van der Waals surface area contributed by atoms with E-state index in [2.05, 4.69) is 37.4 Å². The molecule has 36 heavy (non-hydrogen) atoms. The van der Waals surface area contributed by atoms with Gasteiger partial charge in [-0.2, -0.15) is 5.10 Å². The Balaban J connectivity index is 1.69. The van der Waals surface area contributed by atoms with Gasteiger partial charge in [-0.3, -0.25) is 9.89 Å². The molecule has 4 rings (SSSR count). The first-order valence-electron chi connectivity index (χ1n) is 11.0. The molecule has 0 bridgehead atoms. The molecule has 2 aromatic heterocycles. The molecule has 0 fully saturated rings. The molecule has 0 saturated heterocycles. The van der Waals surface area contributed by atoms with Crippen LogP contribution >= 0.6 is 0 Å². The largest absolute Gasteiger partial charge is 0.494 e. The highest BCUT2D eigenvalue weighted by atomic mass is 19.1. The maximum Gasteiger partial charge on any atom is 0.247 e. The quantitative estimate of drug-likeness (QED) is 0.285. The van der Waals surface area contributed by atoms with Crippen molar-refractivity contribution in [3.8, 4) is 22.8 Å². The van der Waals surface area contributed by atoms with Gasteiger partial charge in [0.15, 0.2) is 0 Å². The molecule has 11 heteroatoms. The number of halogens is 1. The number of hydrogen-bond donors (Lipinski definition) is 3. The maximum atomic E-state index is 13.8. The standard InChI is InChI=1S/C25H26FN7O3/c1-5-22(34)28-18-12-17(20(35-4)13-21(18)36-10-9-33(2)3)29-25-27-14-19-24(30-25)23(32-31-19)15-7-6-8-16(26)11-15/h5-8,11-14H,1,9-10H2,2-4H3,(H,28,34)(H,31,32)(H,27,29,30). The highest BCUT2D eigenvalue weighted by Gasteiger charge is 2.16. The lowest BCUT2D eigenvalue weighted by Crippen LogP contribution is -2.20. The summed E-state index contributed by atoms with van der Waals surface area (Å²) in [5.41, 5.74) is 3.10. The number of aromatic nitrogens is 4. The molecule has 10 nitrogen and oxygen atoms in total. The Hall–Kier alpha value is -4.51. The number of fused-ring (bicyclic) bond motifs is 1. The van der Waals surface area contributed by atoms with Gasteiger partial charge < -0.3 is 25.0 Å². The zero-order chi connectivity index (χ0) is 25.7. The molecular weight excluding hydrogens is 465 g/mol. The van der Waals surface area contributed by atoms with E-state index in [1.54, 1.807) is 30.5 Å². The van der Waals surface area contributed by atoms with Crippen molar-refractivity contribution in [1.82, 2.24) is 25.1 Å². The maximum absolute atomic E-state index is 13.8. The van der Waals surface area contributed by atoms with Crippen LogP contribution in [0.5, 0.6) is 11.5 Å². The van der Waals surface area contributed by atoms with E-state index in [9.17, 15) is 9.18 Å². The first kappa shape index (κ1) is 24.6. The van der Waals surface area contributed by atoms with Crippen molar-refractivity contribution in [3.63, 3.8) is 0 Å². The van der Waals surface area contributed by atoms with Crippen LogP contribution in [0.4, 0.5) is 21.7 Å². The van der Waals surface area contributed by atoms with Crippen LogP contribution < -0.4 is 20.1 Å². The lowest BCUT2D eigenvalue weighted by molar-refractivity contribution is -0.111. The van der Waals surface area contributed by atoms with E-state index >= 15 is 0 Å². The minimum absolute atomic E-state index is 0.252. The van der Waals surface area contributed by atoms with Crippen molar-refractivity contribution in [3.05, 3.63) is 61.1 Å². The average Bonchev–Trinajstić information content (AvgIpc) is 3.28. The van der Waals surface area contributed by atoms with Crippen molar-refractivity contribution >= 4 is 34.3 Å². The lowest BCUT2D eigenvalue weighted by Gasteiger charge is -2.18. The van der Waals surface area contributed by atoms with E-state index < -0.39 is 0 Å². The lowest BCUT2D eigenvalue weighted by atomic mass is 10.1. The fourth-order valence-electron chi connectivity index (χ4n) is 3.40. The smallest absolute Gasteiger partial charge is 0.247 e. The molecule has 0 aliphatic carbocycles. The van der Waals surface area contributed by atoms with Crippen LogP contribution in [0.2, 0.25) is 0 Å². The van der Waals surface area contributed by atoms with Gasteiger partial charge in [0.1, 0.15) is 40.7 Å². The summed E-state index contributed by atoms with van der Waals surface area (Å²) < 4.78 is 25.2. The molecule has 3 N–H and O–H groups in total. The Kier molecular flexibility index (Phi) is 7.40. The van der Waals surface area contributed by atoms with E-state index in [1.165, 1.54) is 25.3 Å². The van der Waals surface area contributed by atoms with Gasteiger partial charge in [0.2, 0.25) is 11.9 Å². The van der Waals surface area contributed by atoms with Gasteiger partial charge in [0.25, 0.3) is 0 Å². The third kappa shape index (κ3) is 5.58. The Morgan fingerprint density at radius 1 is 1.22 bits per heavy atom. The second kappa shape index (κ2) is 10.8. The number of nitrogens with zero attached hydrogens (tertiary/aromatic N) is 4. The van der Waals surface area contributed by atoms with Gasteiger partial charge in [-0.25, -0.2) is 14.4 Å². The number of H-pyrrole nitrogens is 1. The van der Waals surface area contributed by atoms with Crippen molar-refractivity contribution < 1.29 is 18.7 Å². The Bertz CT molecular complexity index is 1400. The Morgan fingerprint density at radius 2 is 2.06 bits per heavy atom. The molecule has 0 radical (unpaired) electrons. The second-order valence-corrected chi connectivity index (χ2v) is 8.06. The molecule has 2 heterocycles. The van der Waals surface area contributed by atoms with Crippen LogP contribution in [0.15, 0.2) is 55.3 Å². The van der Waals surface area contributed by atoms with Gasteiger partial charge in [0.05, 0.1) is 24.7 Å². The van der Waals surface area contributed by atoms with E-state index in [4.69, 9.17) is 9.47 Å². The number of hydrogen-bond acceptors (Lipinski definition) is 8. The first-order chi connectivity index (χ1) is 17.4. The van der Waals surface area contributed by atoms with Crippen molar-refractivity contribution in [1.29, 1.82) is 0 Å². The summed E-state index contributed by atoms with van der Waals surface area (Å²) in [5.74, 6) is 0.381.